The van der Waals surface area contributed by atoms with Crippen molar-refractivity contribution in [2.75, 3.05) is 0 Å². The van der Waals surface area contributed by atoms with Crippen LogP contribution in [-0.2, 0) is 70.2 Å². The van der Waals surface area contributed by atoms with Gasteiger partial charge in [-0.3, -0.25) is 0 Å². The first-order valence-corrected chi connectivity index (χ1v) is 2.92. The minimum Gasteiger partial charge on any atom is -0.565 e. The van der Waals surface area contributed by atoms with Crippen LogP contribution in [0.4, 0.5) is 0 Å². The molecular formula is C7H12O2Y2-2. The van der Waals surface area contributed by atoms with Gasteiger partial charge in [-0.25, -0.2) is 12.0 Å². The molecule has 1 unspecified atom stereocenters. The molecule has 0 aliphatic carbocycles. The molecular weight excluding hydrogens is 294 g/mol. The van der Waals surface area contributed by atoms with Crippen LogP contribution in [0.5, 0.6) is 0 Å². The van der Waals surface area contributed by atoms with Gasteiger partial charge in [0.15, 0.2) is 0 Å². The zero-order valence-electron chi connectivity index (χ0n) is 7.16. The Morgan fingerprint density at radius 3 is 1.91 bits per heavy atom. The average molecular weight is 306 g/mol. The topological polar surface area (TPSA) is 37.3 Å². The van der Waals surface area contributed by atoms with E-state index in [1.165, 1.54) is 13.8 Å². The summed E-state index contributed by atoms with van der Waals surface area (Å²) in [5.74, 6) is -0.387. The van der Waals surface area contributed by atoms with Gasteiger partial charge in [-0.05, 0) is 6.92 Å². The summed E-state index contributed by atoms with van der Waals surface area (Å²) in [5.41, 5.74) is 0. The van der Waals surface area contributed by atoms with Crippen LogP contribution in [0, 0.1) is 18.4 Å². The number of carbonyl (C=O) groups is 1. The summed E-state index contributed by atoms with van der Waals surface area (Å²) >= 11 is 0. The van der Waals surface area contributed by atoms with Crippen molar-refractivity contribution < 1.29 is 75.3 Å². The molecule has 4 heteroatoms. The Balaban J connectivity index is -0.000000320. The maximum atomic E-state index is 10.6. The number of aliphatic hydroxyl groups is 1. The molecule has 60 valence electrons. The van der Waals surface area contributed by atoms with Gasteiger partial charge < -0.3 is 16.3 Å². The van der Waals surface area contributed by atoms with E-state index >= 15 is 0 Å². The van der Waals surface area contributed by atoms with Crippen molar-refractivity contribution in [3.05, 3.63) is 12.5 Å². The van der Waals surface area contributed by atoms with E-state index < -0.39 is 0 Å². The Hall–Kier alpha value is 1.84. The standard InChI is InChI=1S/C7H12O2.2Y/c1-4-7(5(2)8)6(3)9;;/h4,7-8H,1-3H3;;/q-2;;. The van der Waals surface area contributed by atoms with E-state index in [4.69, 9.17) is 5.11 Å². The number of hydrogen-bond donors (Lipinski definition) is 1. The first-order chi connectivity index (χ1) is 4.09. The third-order valence-corrected chi connectivity index (χ3v) is 1.22. The largest absolute Gasteiger partial charge is 0.565 e. The van der Waals surface area contributed by atoms with E-state index in [2.05, 4.69) is 0 Å². The van der Waals surface area contributed by atoms with Gasteiger partial charge in [0.05, 0.1) is 5.78 Å². The molecule has 2 nitrogen and oxygen atoms in total. The molecule has 0 aliphatic heterocycles. The van der Waals surface area contributed by atoms with Crippen molar-refractivity contribution in [2.45, 2.75) is 20.8 Å². The summed E-state index contributed by atoms with van der Waals surface area (Å²) in [4.78, 5) is 10.6. The van der Waals surface area contributed by atoms with E-state index in [1.54, 1.807) is 13.3 Å². The minimum atomic E-state index is -0.370. The van der Waals surface area contributed by atoms with Gasteiger partial charge in [0.25, 0.3) is 0 Å². The molecule has 0 saturated heterocycles. The van der Waals surface area contributed by atoms with E-state index in [0.29, 0.717) is 0 Å². The third kappa shape index (κ3) is 8.18. The Morgan fingerprint density at radius 1 is 1.55 bits per heavy atom. The Bertz CT molecular complexity index is 105. The summed E-state index contributed by atoms with van der Waals surface area (Å²) in [6.45, 7) is 4.75. The zero-order chi connectivity index (χ0) is 7.44. The van der Waals surface area contributed by atoms with Gasteiger partial charge in [-0.15, -0.1) is 0 Å². The van der Waals surface area contributed by atoms with Crippen LogP contribution in [0.2, 0.25) is 0 Å². The van der Waals surface area contributed by atoms with Crippen molar-refractivity contribution in [2.24, 2.45) is 5.92 Å². The number of hydrogen-bond acceptors (Lipinski definition) is 2. The molecule has 0 aromatic rings. The van der Waals surface area contributed by atoms with E-state index in [0.717, 1.165) is 0 Å². The molecule has 0 saturated carbocycles. The first kappa shape index (κ1) is 18.6. The van der Waals surface area contributed by atoms with Crippen molar-refractivity contribution in [1.29, 1.82) is 0 Å². The van der Waals surface area contributed by atoms with Crippen molar-refractivity contribution >= 4 is 5.78 Å². The number of Topliss-reactive ketones (excluding diaryl/α,β-unsaturated/α-hetero) is 1. The SMILES string of the molecule is C[CH-]C(C(C)=O)[C-](C)O.[Y].[Y]. The van der Waals surface area contributed by atoms with Crippen molar-refractivity contribution in [3.8, 4) is 0 Å². The monoisotopic (exact) mass is 306 g/mol. The summed E-state index contributed by atoms with van der Waals surface area (Å²) < 4.78 is 0. The quantitative estimate of drug-likeness (QED) is 0.799. The molecule has 0 rings (SSSR count). The fraction of sp³-hybridized carbons (Fsp3) is 0.571. The van der Waals surface area contributed by atoms with Gasteiger partial charge in [-0.1, -0.05) is 0 Å². The van der Waals surface area contributed by atoms with Crippen LogP contribution in [-0.4, -0.2) is 10.9 Å². The molecule has 2 radical (unpaired) electrons. The first-order valence-electron chi connectivity index (χ1n) is 2.92. The molecule has 0 aromatic carbocycles. The number of aliphatic hydroxyl groups excluding tert-OH is 1. The summed E-state index contributed by atoms with van der Waals surface area (Å²) in [7, 11) is 0. The maximum absolute atomic E-state index is 10.6. The van der Waals surface area contributed by atoms with Gasteiger partial charge >= 0.3 is 0 Å². The van der Waals surface area contributed by atoms with Crippen LogP contribution in [0.25, 0.3) is 0 Å². The van der Waals surface area contributed by atoms with E-state index in [1.807, 2.05) is 0 Å². The molecule has 1 atom stereocenters. The summed E-state index contributed by atoms with van der Waals surface area (Å²) in [5, 5.41) is 8.85. The van der Waals surface area contributed by atoms with E-state index in [9.17, 15) is 4.79 Å². The normalized spacial score (nSPS) is 11.4. The second-order valence-electron chi connectivity index (χ2n) is 2.06. The van der Waals surface area contributed by atoms with Crippen LogP contribution in [0.1, 0.15) is 20.8 Å². The van der Waals surface area contributed by atoms with Gasteiger partial charge in [-0.2, -0.15) is 13.8 Å². The Morgan fingerprint density at radius 2 is 1.91 bits per heavy atom. The fourth-order valence-corrected chi connectivity index (χ4v) is 0.770. The van der Waals surface area contributed by atoms with Crippen LogP contribution < -0.4 is 0 Å². The number of carbonyl (C=O) groups excluding carboxylic acids is 1. The van der Waals surface area contributed by atoms with Crippen molar-refractivity contribution in [1.82, 2.24) is 0 Å². The number of ketones is 1. The van der Waals surface area contributed by atoms with Gasteiger partial charge in [0.1, 0.15) is 0 Å². The maximum Gasteiger partial charge on any atom is 0.0769 e. The Kier molecular flexibility index (Phi) is 16.8. The second-order valence-corrected chi connectivity index (χ2v) is 2.06. The fourth-order valence-electron chi connectivity index (χ4n) is 0.770. The number of rotatable bonds is 3. The van der Waals surface area contributed by atoms with E-state index in [-0.39, 0.29) is 83.2 Å². The molecule has 0 aromatic heterocycles. The predicted octanol–water partition coefficient (Wildman–Crippen LogP) is 1.34. The predicted molar refractivity (Wildman–Crippen MR) is 35.0 cm³/mol. The van der Waals surface area contributed by atoms with Gasteiger partial charge in [0, 0.05) is 65.4 Å². The molecule has 0 fully saturated rings. The molecule has 11 heavy (non-hydrogen) atoms. The minimum absolute atomic E-state index is 0. The second kappa shape index (κ2) is 9.92. The summed E-state index contributed by atoms with van der Waals surface area (Å²) in [6.07, 6.45) is 1.85. The van der Waals surface area contributed by atoms with Crippen LogP contribution >= 0.6 is 0 Å². The molecule has 0 amide bonds. The molecule has 1 N–H and O–H groups in total. The van der Waals surface area contributed by atoms with Gasteiger partial charge in [0.2, 0.25) is 0 Å². The average Bonchev–Trinajstić information content (AvgIpc) is 1.64. The smallest absolute Gasteiger partial charge is 0.0769 e. The molecule has 0 spiro atoms. The van der Waals surface area contributed by atoms with Crippen molar-refractivity contribution in [3.63, 3.8) is 0 Å². The third-order valence-electron chi connectivity index (χ3n) is 1.22. The molecule has 0 heterocycles. The Labute approximate surface area is 119 Å². The molecule has 0 aliphatic rings. The summed E-state index contributed by atoms with van der Waals surface area (Å²) in [6, 6.07) is 0. The zero-order valence-corrected chi connectivity index (χ0v) is 12.8. The molecule has 0 bridgehead atoms. The van der Waals surface area contributed by atoms with Crippen LogP contribution in [0.15, 0.2) is 0 Å². The van der Waals surface area contributed by atoms with Crippen LogP contribution in [0.3, 0.4) is 0 Å².